The van der Waals surface area contributed by atoms with Crippen LogP contribution >= 0.6 is 0 Å². The lowest BCUT2D eigenvalue weighted by molar-refractivity contribution is -0.131. The second kappa shape index (κ2) is 7.97. The summed E-state index contributed by atoms with van der Waals surface area (Å²) >= 11 is 0. The molecule has 0 spiro atoms. The normalized spacial score (nSPS) is 15.3. The van der Waals surface area contributed by atoms with Crippen molar-refractivity contribution < 1.29 is 9.90 Å². The van der Waals surface area contributed by atoms with Gasteiger partial charge < -0.3 is 14.9 Å². The molecule has 0 saturated carbocycles. The van der Waals surface area contributed by atoms with Gasteiger partial charge in [-0.05, 0) is 30.5 Å². The van der Waals surface area contributed by atoms with E-state index in [4.69, 9.17) is 0 Å². The van der Waals surface area contributed by atoms with Crippen LogP contribution in [0, 0.1) is 0 Å². The van der Waals surface area contributed by atoms with Gasteiger partial charge in [-0.3, -0.25) is 4.79 Å². The first-order chi connectivity index (χ1) is 11.7. The van der Waals surface area contributed by atoms with Gasteiger partial charge in [0.2, 0.25) is 5.91 Å². The summed E-state index contributed by atoms with van der Waals surface area (Å²) in [6, 6.07) is 20.3. The summed E-state index contributed by atoms with van der Waals surface area (Å²) in [5.74, 6) is 0.127. The highest BCUT2D eigenvalue weighted by atomic mass is 16.3. The Morgan fingerprint density at radius 2 is 1.58 bits per heavy atom. The van der Waals surface area contributed by atoms with Crippen molar-refractivity contribution in [3.05, 3.63) is 66.2 Å². The van der Waals surface area contributed by atoms with Crippen molar-refractivity contribution in [3.8, 4) is 0 Å². The van der Waals surface area contributed by atoms with Crippen LogP contribution < -0.4 is 4.90 Å². The molecule has 2 aromatic rings. The number of nitrogens with zero attached hydrogens (tertiary/aromatic N) is 2. The van der Waals surface area contributed by atoms with E-state index in [1.165, 1.54) is 5.56 Å². The summed E-state index contributed by atoms with van der Waals surface area (Å²) in [5, 5.41) is 9.62. The molecule has 24 heavy (non-hydrogen) atoms. The minimum absolute atomic E-state index is 0.127. The maximum absolute atomic E-state index is 12.7. The summed E-state index contributed by atoms with van der Waals surface area (Å²) in [7, 11) is 0. The Morgan fingerprint density at radius 1 is 1.00 bits per heavy atom. The number of piperidine rings is 1. The van der Waals surface area contributed by atoms with E-state index in [-0.39, 0.29) is 12.0 Å². The molecule has 0 aliphatic carbocycles. The van der Waals surface area contributed by atoms with Crippen LogP contribution in [-0.4, -0.2) is 41.7 Å². The fraction of sp³-hybridized carbons (Fsp3) is 0.350. The highest BCUT2D eigenvalue weighted by Crippen LogP contribution is 2.18. The molecule has 0 aromatic heterocycles. The number of carbonyl (C=O) groups excluding carboxylic acids is 1. The third-order valence-electron chi connectivity index (χ3n) is 4.48. The van der Waals surface area contributed by atoms with Crippen molar-refractivity contribution >= 4 is 11.6 Å². The first kappa shape index (κ1) is 16.5. The molecule has 126 valence electrons. The van der Waals surface area contributed by atoms with Crippen molar-refractivity contribution in [2.24, 2.45) is 0 Å². The molecule has 0 bridgehead atoms. The second-order valence-corrected chi connectivity index (χ2v) is 6.29. The Kier molecular flexibility index (Phi) is 5.49. The SMILES string of the molecule is O=C(CN(Cc1ccccc1)c1ccccc1)N1CCC(O)CC1. The number of benzene rings is 2. The van der Waals surface area contributed by atoms with E-state index in [1.807, 2.05) is 53.4 Å². The molecule has 0 radical (unpaired) electrons. The molecule has 0 unspecified atom stereocenters. The van der Waals surface area contributed by atoms with Crippen LogP contribution in [0.3, 0.4) is 0 Å². The summed E-state index contributed by atoms with van der Waals surface area (Å²) < 4.78 is 0. The van der Waals surface area contributed by atoms with E-state index in [0.29, 0.717) is 39.0 Å². The summed E-state index contributed by atoms with van der Waals surface area (Å²) in [6.07, 6.45) is 1.09. The molecular formula is C20H24N2O2. The third kappa shape index (κ3) is 4.36. The zero-order chi connectivity index (χ0) is 16.8. The number of rotatable bonds is 5. The molecule has 1 aliphatic rings. The van der Waals surface area contributed by atoms with Gasteiger partial charge in [0.15, 0.2) is 0 Å². The third-order valence-corrected chi connectivity index (χ3v) is 4.48. The first-order valence-corrected chi connectivity index (χ1v) is 8.52. The number of hydrogen-bond donors (Lipinski definition) is 1. The summed E-state index contributed by atoms with van der Waals surface area (Å²) in [4.78, 5) is 16.7. The molecule has 0 atom stereocenters. The smallest absolute Gasteiger partial charge is 0.242 e. The van der Waals surface area contributed by atoms with Gasteiger partial charge in [-0.15, -0.1) is 0 Å². The average Bonchev–Trinajstić information content (AvgIpc) is 2.63. The maximum Gasteiger partial charge on any atom is 0.242 e. The van der Waals surface area contributed by atoms with Crippen molar-refractivity contribution in [1.29, 1.82) is 0 Å². The van der Waals surface area contributed by atoms with Crippen molar-refractivity contribution in [2.75, 3.05) is 24.5 Å². The average molecular weight is 324 g/mol. The lowest BCUT2D eigenvalue weighted by Crippen LogP contribution is -2.45. The van der Waals surface area contributed by atoms with Crippen LogP contribution in [0.1, 0.15) is 18.4 Å². The Morgan fingerprint density at radius 3 is 2.21 bits per heavy atom. The molecule has 4 heteroatoms. The van der Waals surface area contributed by atoms with Crippen molar-refractivity contribution in [1.82, 2.24) is 4.90 Å². The molecule has 1 N–H and O–H groups in total. The van der Waals surface area contributed by atoms with Gasteiger partial charge in [0.25, 0.3) is 0 Å². The van der Waals surface area contributed by atoms with E-state index in [1.54, 1.807) is 0 Å². The molecule has 1 amide bonds. The van der Waals surface area contributed by atoms with Crippen LogP contribution in [0.5, 0.6) is 0 Å². The molecular weight excluding hydrogens is 300 g/mol. The van der Waals surface area contributed by atoms with Gasteiger partial charge in [-0.2, -0.15) is 0 Å². The lowest BCUT2D eigenvalue weighted by Gasteiger charge is -2.32. The van der Waals surface area contributed by atoms with E-state index in [2.05, 4.69) is 17.0 Å². The minimum atomic E-state index is -0.261. The van der Waals surface area contributed by atoms with Gasteiger partial charge in [0, 0.05) is 25.3 Å². The fourth-order valence-electron chi connectivity index (χ4n) is 3.06. The topological polar surface area (TPSA) is 43.8 Å². The van der Waals surface area contributed by atoms with Crippen LogP contribution in [-0.2, 0) is 11.3 Å². The zero-order valence-corrected chi connectivity index (χ0v) is 13.8. The molecule has 1 heterocycles. The number of aliphatic hydroxyl groups is 1. The van der Waals surface area contributed by atoms with E-state index in [0.717, 1.165) is 5.69 Å². The van der Waals surface area contributed by atoms with Crippen LogP contribution in [0.25, 0.3) is 0 Å². The Labute approximate surface area is 143 Å². The number of carbonyl (C=O) groups is 1. The molecule has 2 aromatic carbocycles. The zero-order valence-electron chi connectivity index (χ0n) is 13.8. The monoisotopic (exact) mass is 324 g/mol. The first-order valence-electron chi connectivity index (χ1n) is 8.52. The Hall–Kier alpha value is -2.33. The highest BCUT2D eigenvalue weighted by molar-refractivity contribution is 5.81. The van der Waals surface area contributed by atoms with Crippen molar-refractivity contribution in [3.63, 3.8) is 0 Å². The van der Waals surface area contributed by atoms with Crippen LogP contribution in [0.4, 0.5) is 5.69 Å². The fourth-order valence-corrected chi connectivity index (χ4v) is 3.06. The Bertz CT molecular complexity index is 637. The largest absolute Gasteiger partial charge is 0.393 e. The number of likely N-dealkylation sites (tertiary alicyclic amines) is 1. The van der Waals surface area contributed by atoms with E-state index >= 15 is 0 Å². The predicted octanol–water partition coefficient (Wildman–Crippen LogP) is 2.68. The maximum atomic E-state index is 12.7. The van der Waals surface area contributed by atoms with Gasteiger partial charge in [0.05, 0.1) is 12.6 Å². The number of anilines is 1. The lowest BCUT2D eigenvalue weighted by atomic mass is 10.1. The van der Waals surface area contributed by atoms with Gasteiger partial charge in [-0.1, -0.05) is 48.5 Å². The molecule has 1 aliphatic heterocycles. The highest BCUT2D eigenvalue weighted by Gasteiger charge is 2.23. The second-order valence-electron chi connectivity index (χ2n) is 6.29. The van der Waals surface area contributed by atoms with Gasteiger partial charge in [-0.25, -0.2) is 0 Å². The van der Waals surface area contributed by atoms with Crippen LogP contribution in [0.15, 0.2) is 60.7 Å². The summed E-state index contributed by atoms with van der Waals surface area (Å²) in [5.41, 5.74) is 2.23. The van der Waals surface area contributed by atoms with Gasteiger partial charge in [0.1, 0.15) is 0 Å². The number of para-hydroxylation sites is 1. The summed E-state index contributed by atoms with van der Waals surface area (Å²) in [6.45, 7) is 2.35. The van der Waals surface area contributed by atoms with Gasteiger partial charge >= 0.3 is 0 Å². The molecule has 4 nitrogen and oxygen atoms in total. The Balaban J connectivity index is 1.71. The standard InChI is InChI=1S/C20H24N2O2/c23-19-11-13-21(14-12-19)20(24)16-22(18-9-5-2-6-10-18)15-17-7-3-1-4-8-17/h1-10,19,23H,11-16H2. The van der Waals surface area contributed by atoms with Crippen molar-refractivity contribution in [2.45, 2.75) is 25.5 Å². The number of aliphatic hydroxyl groups excluding tert-OH is 1. The molecule has 1 fully saturated rings. The van der Waals surface area contributed by atoms with E-state index < -0.39 is 0 Å². The minimum Gasteiger partial charge on any atom is -0.393 e. The van der Waals surface area contributed by atoms with Crippen LogP contribution in [0.2, 0.25) is 0 Å². The molecule has 1 saturated heterocycles. The predicted molar refractivity (Wildman–Crippen MR) is 95.8 cm³/mol. The number of hydrogen-bond acceptors (Lipinski definition) is 3. The quantitative estimate of drug-likeness (QED) is 0.919. The molecule has 3 rings (SSSR count). The number of amides is 1. The van der Waals surface area contributed by atoms with E-state index in [9.17, 15) is 9.90 Å².